The van der Waals surface area contributed by atoms with Crippen LogP contribution in [0.2, 0.25) is 0 Å². The third kappa shape index (κ3) is 3.62. The number of pyridine rings is 1. The normalized spacial score (nSPS) is 19.1. The molecule has 146 valence electrons. The highest BCUT2D eigenvalue weighted by atomic mass is 19.1. The topological polar surface area (TPSA) is 62.7 Å². The second-order valence-electron chi connectivity index (χ2n) is 7.38. The lowest BCUT2D eigenvalue weighted by molar-refractivity contribution is -0.143. The summed E-state index contributed by atoms with van der Waals surface area (Å²) in [7, 11) is 0. The molecular formula is C21H22FN3O3. The minimum Gasteiger partial charge on any atom is -0.363 e. The molecule has 28 heavy (non-hydrogen) atoms. The molecule has 0 saturated carbocycles. The monoisotopic (exact) mass is 383 g/mol. The molecule has 2 saturated heterocycles. The molecule has 4 rings (SSSR count). The summed E-state index contributed by atoms with van der Waals surface area (Å²) in [6, 6.07) is 11.3. The summed E-state index contributed by atoms with van der Waals surface area (Å²) in [5.74, 6) is -0.559. The quantitative estimate of drug-likeness (QED) is 0.800. The number of aryl methyl sites for hydroxylation is 1. The SMILES string of the molecule is Cc1cccc(C(=O)N2CCC3(CC2)CN(c2ccc(F)cc2)C(=O)CO3)n1. The highest BCUT2D eigenvalue weighted by Gasteiger charge is 2.43. The second kappa shape index (κ2) is 7.31. The van der Waals surface area contributed by atoms with Crippen LogP contribution in [0.15, 0.2) is 42.5 Å². The maximum atomic E-state index is 13.2. The van der Waals surface area contributed by atoms with Crippen molar-refractivity contribution in [2.24, 2.45) is 0 Å². The van der Waals surface area contributed by atoms with E-state index in [9.17, 15) is 14.0 Å². The predicted molar refractivity (Wildman–Crippen MR) is 102 cm³/mol. The Morgan fingerprint density at radius 2 is 1.86 bits per heavy atom. The highest BCUT2D eigenvalue weighted by Crippen LogP contribution is 2.33. The van der Waals surface area contributed by atoms with Crippen LogP contribution in [0.5, 0.6) is 0 Å². The van der Waals surface area contributed by atoms with Crippen molar-refractivity contribution >= 4 is 17.5 Å². The third-order valence-corrected chi connectivity index (χ3v) is 5.46. The molecule has 0 aliphatic carbocycles. The van der Waals surface area contributed by atoms with Crippen LogP contribution in [0.4, 0.5) is 10.1 Å². The molecule has 2 fully saturated rings. The Morgan fingerprint density at radius 3 is 2.54 bits per heavy atom. The molecule has 2 aliphatic heterocycles. The summed E-state index contributed by atoms with van der Waals surface area (Å²) in [5.41, 5.74) is 1.43. The Hall–Kier alpha value is -2.80. The number of amides is 2. The van der Waals surface area contributed by atoms with E-state index in [1.807, 2.05) is 19.1 Å². The zero-order valence-electron chi connectivity index (χ0n) is 15.7. The predicted octanol–water partition coefficient (Wildman–Crippen LogP) is 2.57. The molecule has 1 aromatic carbocycles. The van der Waals surface area contributed by atoms with Crippen molar-refractivity contribution in [1.82, 2.24) is 9.88 Å². The number of carbonyl (C=O) groups is 2. The molecular weight excluding hydrogens is 361 g/mol. The summed E-state index contributed by atoms with van der Waals surface area (Å²) in [4.78, 5) is 32.8. The summed E-state index contributed by atoms with van der Waals surface area (Å²) in [6.45, 7) is 3.34. The van der Waals surface area contributed by atoms with E-state index < -0.39 is 5.60 Å². The van der Waals surface area contributed by atoms with Crippen molar-refractivity contribution in [1.29, 1.82) is 0 Å². The fraction of sp³-hybridized carbons (Fsp3) is 0.381. The van der Waals surface area contributed by atoms with Gasteiger partial charge in [-0.3, -0.25) is 9.59 Å². The van der Waals surface area contributed by atoms with Crippen molar-refractivity contribution in [2.75, 3.05) is 31.1 Å². The lowest BCUT2D eigenvalue weighted by Crippen LogP contribution is -2.59. The smallest absolute Gasteiger partial charge is 0.272 e. The van der Waals surface area contributed by atoms with E-state index >= 15 is 0 Å². The van der Waals surface area contributed by atoms with Gasteiger partial charge in [-0.05, 0) is 56.2 Å². The Labute approximate surface area is 162 Å². The number of hydrogen-bond donors (Lipinski definition) is 0. The van der Waals surface area contributed by atoms with Crippen molar-refractivity contribution in [3.05, 3.63) is 59.7 Å². The van der Waals surface area contributed by atoms with E-state index in [0.29, 0.717) is 43.9 Å². The van der Waals surface area contributed by atoms with E-state index in [2.05, 4.69) is 4.98 Å². The van der Waals surface area contributed by atoms with Gasteiger partial charge < -0.3 is 14.5 Å². The van der Waals surface area contributed by atoms with Gasteiger partial charge in [0.1, 0.15) is 18.1 Å². The lowest BCUT2D eigenvalue weighted by Gasteiger charge is -2.46. The van der Waals surface area contributed by atoms with Crippen LogP contribution in [0.3, 0.4) is 0 Å². The van der Waals surface area contributed by atoms with E-state index in [0.717, 1.165) is 5.69 Å². The van der Waals surface area contributed by atoms with Gasteiger partial charge in [-0.2, -0.15) is 0 Å². The molecule has 2 amide bonds. The third-order valence-electron chi connectivity index (χ3n) is 5.46. The summed E-state index contributed by atoms with van der Waals surface area (Å²) in [5, 5.41) is 0. The van der Waals surface area contributed by atoms with Crippen LogP contribution in [-0.2, 0) is 9.53 Å². The molecule has 3 heterocycles. The molecule has 0 atom stereocenters. The number of ether oxygens (including phenoxy) is 1. The molecule has 0 N–H and O–H groups in total. The molecule has 1 aromatic heterocycles. The number of morpholine rings is 1. The van der Waals surface area contributed by atoms with Crippen LogP contribution >= 0.6 is 0 Å². The number of likely N-dealkylation sites (tertiary alicyclic amines) is 1. The van der Waals surface area contributed by atoms with Crippen molar-refractivity contribution in [3.63, 3.8) is 0 Å². The number of benzene rings is 1. The van der Waals surface area contributed by atoms with Gasteiger partial charge in [0, 0.05) is 24.5 Å². The maximum absolute atomic E-state index is 13.2. The van der Waals surface area contributed by atoms with Crippen molar-refractivity contribution in [2.45, 2.75) is 25.4 Å². The van der Waals surface area contributed by atoms with Crippen LogP contribution in [0, 0.1) is 12.7 Å². The number of nitrogens with zero attached hydrogens (tertiary/aromatic N) is 3. The van der Waals surface area contributed by atoms with Gasteiger partial charge in [0.2, 0.25) is 0 Å². The zero-order valence-corrected chi connectivity index (χ0v) is 15.7. The fourth-order valence-electron chi connectivity index (χ4n) is 3.81. The number of aromatic nitrogens is 1. The summed E-state index contributed by atoms with van der Waals surface area (Å²) >= 11 is 0. The molecule has 2 aliphatic rings. The molecule has 0 unspecified atom stereocenters. The van der Waals surface area contributed by atoms with E-state index in [4.69, 9.17) is 4.74 Å². The Kier molecular flexibility index (Phi) is 4.85. The van der Waals surface area contributed by atoms with Gasteiger partial charge in [-0.1, -0.05) is 6.07 Å². The Balaban J connectivity index is 1.45. The number of halogens is 1. The first kappa shape index (κ1) is 18.6. The number of rotatable bonds is 2. The van der Waals surface area contributed by atoms with Gasteiger partial charge in [-0.15, -0.1) is 0 Å². The van der Waals surface area contributed by atoms with E-state index in [1.165, 1.54) is 12.1 Å². The molecule has 6 nitrogen and oxygen atoms in total. The zero-order chi connectivity index (χ0) is 19.7. The summed E-state index contributed by atoms with van der Waals surface area (Å²) in [6.07, 6.45) is 1.27. The minimum atomic E-state index is -0.487. The van der Waals surface area contributed by atoms with Crippen LogP contribution < -0.4 is 4.90 Å². The number of carbonyl (C=O) groups excluding carboxylic acids is 2. The lowest BCUT2D eigenvalue weighted by atomic mass is 9.89. The van der Waals surface area contributed by atoms with Gasteiger partial charge in [-0.25, -0.2) is 9.37 Å². The second-order valence-corrected chi connectivity index (χ2v) is 7.38. The Morgan fingerprint density at radius 1 is 1.14 bits per heavy atom. The molecule has 1 spiro atoms. The number of piperidine rings is 1. The fourth-order valence-corrected chi connectivity index (χ4v) is 3.81. The molecule has 7 heteroatoms. The largest absolute Gasteiger partial charge is 0.363 e. The first-order valence-electron chi connectivity index (χ1n) is 9.39. The summed E-state index contributed by atoms with van der Waals surface area (Å²) < 4.78 is 19.1. The highest BCUT2D eigenvalue weighted by molar-refractivity contribution is 5.95. The maximum Gasteiger partial charge on any atom is 0.272 e. The van der Waals surface area contributed by atoms with Crippen molar-refractivity contribution < 1.29 is 18.7 Å². The van der Waals surface area contributed by atoms with Gasteiger partial charge in [0.15, 0.2) is 0 Å². The van der Waals surface area contributed by atoms with E-state index in [1.54, 1.807) is 28.0 Å². The average Bonchev–Trinajstić information content (AvgIpc) is 2.71. The van der Waals surface area contributed by atoms with Gasteiger partial charge in [0.25, 0.3) is 11.8 Å². The van der Waals surface area contributed by atoms with Crippen LogP contribution in [0.1, 0.15) is 29.0 Å². The van der Waals surface area contributed by atoms with Crippen LogP contribution in [-0.4, -0.2) is 53.5 Å². The first-order valence-corrected chi connectivity index (χ1v) is 9.39. The molecule has 0 bridgehead atoms. The molecule has 2 aromatic rings. The van der Waals surface area contributed by atoms with Gasteiger partial charge >= 0.3 is 0 Å². The first-order chi connectivity index (χ1) is 13.5. The minimum absolute atomic E-state index is 0.00917. The number of hydrogen-bond acceptors (Lipinski definition) is 4. The number of anilines is 1. The van der Waals surface area contributed by atoms with E-state index in [-0.39, 0.29) is 24.2 Å². The van der Waals surface area contributed by atoms with Crippen LogP contribution in [0.25, 0.3) is 0 Å². The van der Waals surface area contributed by atoms with Crippen molar-refractivity contribution in [3.8, 4) is 0 Å². The molecule has 0 radical (unpaired) electrons. The standard InChI is InChI=1S/C21H22FN3O3/c1-15-3-2-4-18(23-15)20(27)24-11-9-21(10-12-24)14-25(19(26)13-28-21)17-7-5-16(22)6-8-17/h2-8H,9-14H2,1H3. The Bertz CT molecular complexity index is 892. The van der Waals surface area contributed by atoms with Gasteiger partial charge in [0.05, 0.1) is 12.1 Å². The average molecular weight is 383 g/mol.